The Bertz CT molecular complexity index is 466. The molecule has 4 nitrogen and oxygen atoms in total. The van der Waals surface area contributed by atoms with Crippen LogP contribution in [0, 0.1) is 13.8 Å². The standard InChI is InChI=1S/C17H31N3O/c1-12-9-13(2)19-16(20(7)14(3)11-21-8)15(12)10-18-17(4,5)6/h9,14,18H,10-11H2,1-8H3. The molecule has 1 heterocycles. The van der Waals surface area contributed by atoms with E-state index in [9.17, 15) is 0 Å². The highest BCUT2D eigenvalue weighted by atomic mass is 16.5. The van der Waals surface area contributed by atoms with Crippen LogP contribution in [-0.2, 0) is 11.3 Å². The van der Waals surface area contributed by atoms with E-state index in [0.29, 0.717) is 6.61 Å². The zero-order valence-corrected chi connectivity index (χ0v) is 14.9. The number of likely N-dealkylation sites (N-methyl/N-ethyl adjacent to an activating group) is 1. The van der Waals surface area contributed by atoms with Crippen molar-refractivity contribution < 1.29 is 4.74 Å². The summed E-state index contributed by atoms with van der Waals surface area (Å²) in [5.74, 6) is 1.05. The highest BCUT2D eigenvalue weighted by Gasteiger charge is 2.19. The van der Waals surface area contributed by atoms with Crippen LogP contribution in [-0.4, -0.2) is 37.3 Å². The van der Waals surface area contributed by atoms with Gasteiger partial charge in [0, 0.05) is 37.5 Å². The van der Waals surface area contributed by atoms with Crippen molar-refractivity contribution in [1.29, 1.82) is 0 Å². The largest absolute Gasteiger partial charge is 0.383 e. The van der Waals surface area contributed by atoms with Crippen LogP contribution in [0.1, 0.15) is 44.5 Å². The quantitative estimate of drug-likeness (QED) is 0.875. The van der Waals surface area contributed by atoms with Gasteiger partial charge in [0.2, 0.25) is 0 Å². The molecule has 1 aromatic heterocycles. The lowest BCUT2D eigenvalue weighted by Gasteiger charge is -2.30. The molecule has 1 unspecified atom stereocenters. The molecule has 0 fully saturated rings. The Balaban J connectivity index is 3.10. The van der Waals surface area contributed by atoms with Gasteiger partial charge in [-0.25, -0.2) is 4.98 Å². The lowest BCUT2D eigenvalue weighted by Crippen LogP contribution is -2.38. The monoisotopic (exact) mass is 293 g/mol. The number of nitrogens with one attached hydrogen (secondary N) is 1. The normalized spacial score (nSPS) is 13.3. The third-order valence-electron chi connectivity index (χ3n) is 3.65. The van der Waals surface area contributed by atoms with Crippen LogP contribution in [0.25, 0.3) is 0 Å². The molecule has 4 heteroatoms. The van der Waals surface area contributed by atoms with Crippen molar-refractivity contribution in [2.75, 3.05) is 25.7 Å². The predicted octanol–water partition coefficient (Wildman–Crippen LogP) is 3.06. The van der Waals surface area contributed by atoms with E-state index in [1.54, 1.807) is 7.11 Å². The molecule has 120 valence electrons. The molecule has 21 heavy (non-hydrogen) atoms. The van der Waals surface area contributed by atoms with E-state index >= 15 is 0 Å². The molecule has 0 aliphatic heterocycles. The molecule has 1 N–H and O–H groups in total. The second kappa shape index (κ2) is 7.23. The van der Waals surface area contributed by atoms with Crippen molar-refractivity contribution in [3.8, 4) is 0 Å². The maximum absolute atomic E-state index is 5.28. The van der Waals surface area contributed by atoms with Gasteiger partial charge in [-0.15, -0.1) is 0 Å². The number of pyridine rings is 1. The summed E-state index contributed by atoms with van der Waals surface area (Å²) in [5, 5.41) is 3.57. The molecule has 1 aromatic rings. The summed E-state index contributed by atoms with van der Waals surface area (Å²) in [6.07, 6.45) is 0. The Hall–Kier alpha value is -1.13. The number of aromatic nitrogens is 1. The Morgan fingerprint density at radius 3 is 2.48 bits per heavy atom. The number of hydrogen-bond donors (Lipinski definition) is 1. The number of rotatable bonds is 6. The Morgan fingerprint density at radius 1 is 1.33 bits per heavy atom. The summed E-state index contributed by atoms with van der Waals surface area (Å²) in [7, 11) is 3.83. The van der Waals surface area contributed by atoms with Crippen LogP contribution in [0.5, 0.6) is 0 Å². The van der Waals surface area contributed by atoms with Crippen LogP contribution in [0.15, 0.2) is 6.07 Å². The fourth-order valence-corrected chi connectivity index (χ4v) is 2.27. The van der Waals surface area contributed by atoms with Crippen molar-refractivity contribution >= 4 is 5.82 Å². The summed E-state index contributed by atoms with van der Waals surface area (Å²) in [6.45, 7) is 14.4. The van der Waals surface area contributed by atoms with Gasteiger partial charge >= 0.3 is 0 Å². The first kappa shape index (κ1) is 17.9. The first-order valence-corrected chi connectivity index (χ1v) is 7.59. The molecule has 0 amide bonds. The molecule has 1 atom stereocenters. The fraction of sp³-hybridized carbons (Fsp3) is 0.706. The summed E-state index contributed by atoms with van der Waals surface area (Å²) in [4.78, 5) is 6.98. The van der Waals surface area contributed by atoms with Gasteiger partial charge in [0.05, 0.1) is 12.6 Å². The zero-order chi connectivity index (χ0) is 16.2. The molecule has 0 saturated heterocycles. The van der Waals surface area contributed by atoms with Crippen LogP contribution in [0.4, 0.5) is 5.82 Å². The molecule has 0 spiro atoms. The first-order valence-electron chi connectivity index (χ1n) is 7.59. The third kappa shape index (κ3) is 5.29. The zero-order valence-electron chi connectivity index (χ0n) is 14.9. The minimum absolute atomic E-state index is 0.0886. The highest BCUT2D eigenvalue weighted by Crippen LogP contribution is 2.24. The minimum atomic E-state index is 0.0886. The maximum atomic E-state index is 5.28. The number of methoxy groups -OCH3 is 1. The van der Waals surface area contributed by atoms with Crippen LogP contribution in [0.3, 0.4) is 0 Å². The third-order valence-corrected chi connectivity index (χ3v) is 3.65. The lowest BCUT2D eigenvalue weighted by atomic mass is 10.0. The molecule has 0 aromatic carbocycles. The lowest BCUT2D eigenvalue weighted by molar-refractivity contribution is 0.183. The minimum Gasteiger partial charge on any atom is -0.383 e. The first-order chi connectivity index (χ1) is 9.65. The number of nitrogens with zero attached hydrogens (tertiary/aromatic N) is 2. The van der Waals surface area contributed by atoms with Crippen LogP contribution < -0.4 is 10.2 Å². The maximum Gasteiger partial charge on any atom is 0.133 e. The van der Waals surface area contributed by atoms with Gasteiger partial charge in [-0.1, -0.05) is 0 Å². The SMILES string of the molecule is COCC(C)N(C)c1nc(C)cc(C)c1CNC(C)(C)C. The van der Waals surface area contributed by atoms with Gasteiger partial charge in [0.25, 0.3) is 0 Å². The predicted molar refractivity (Wildman–Crippen MR) is 90.0 cm³/mol. The number of hydrogen-bond acceptors (Lipinski definition) is 4. The summed E-state index contributed by atoms with van der Waals surface area (Å²) in [6, 6.07) is 2.44. The molecular weight excluding hydrogens is 262 g/mol. The van der Waals surface area contributed by atoms with Crippen LogP contribution >= 0.6 is 0 Å². The van der Waals surface area contributed by atoms with Crippen molar-refractivity contribution in [3.63, 3.8) is 0 Å². The van der Waals surface area contributed by atoms with E-state index in [-0.39, 0.29) is 11.6 Å². The van der Waals surface area contributed by atoms with E-state index in [4.69, 9.17) is 9.72 Å². The number of ether oxygens (including phenoxy) is 1. The smallest absolute Gasteiger partial charge is 0.133 e. The number of aryl methyl sites for hydroxylation is 2. The van der Waals surface area contributed by atoms with Gasteiger partial charge in [-0.3, -0.25) is 0 Å². The van der Waals surface area contributed by atoms with E-state index in [2.05, 4.69) is 57.9 Å². The molecule has 0 saturated carbocycles. The second-order valence-corrected chi connectivity index (χ2v) is 6.90. The average Bonchev–Trinajstić information content (AvgIpc) is 2.35. The summed E-state index contributed by atoms with van der Waals surface area (Å²) >= 11 is 0. The second-order valence-electron chi connectivity index (χ2n) is 6.90. The fourth-order valence-electron chi connectivity index (χ4n) is 2.27. The molecule has 0 radical (unpaired) electrons. The topological polar surface area (TPSA) is 37.4 Å². The van der Waals surface area contributed by atoms with E-state index in [1.807, 2.05) is 6.92 Å². The van der Waals surface area contributed by atoms with Gasteiger partial charge < -0.3 is 15.0 Å². The van der Waals surface area contributed by atoms with Crippen LogP contribution in [0.2, 0.25) is 0 Å². The molecule has 0 aliphatic rings. The Morgan fingerprint density at radius 2 is 1.95 bits per heavy atom. The van der Waals surface area contributed by atoms with Crippen molar-refractivity contribution in [3.05, 3.63) is 22.9 Å². The van der Waals surface area contributed by atoms with E-state index in [0.717, 1.165) is 18.1 Å². The van der Waals surface area contributed by atoms with Gasteiger partial charge in [0.15, 0.2) is 0 Å². The van der Waals surface area contributed by atoms with Crippen molar-refractivity contribution in [2.45, 2.75) is 59.7 Å². The van der Waals surface area contributed by atoms with Crippen molar-refractivity contribution in [1.82, 2.24) is 10.3 Å². The van der Waals surface area contributed by atoms with E-state index < -0.39 is 0 Å². The Kier molecular flexibility index (Phi) is 6.17. The van der Waals surface area contributed by atoms with Gasteiger partial charge in [-0.05, 0) is 53.2 Å². The Labute approximate surface area is 129 Å². The van der Waals surface area contributed by atoms with Gasteiger partial charge in [-0.2, -0.15) is 0 Å². The molecule has 1 rings (SSSR count). The average molecular weight is 293 g/mol. The van der Waals surface area contributed by atoms with Crippen molar-refractivity contribution in [2.24, 2.45) is 0 Å². The number of anilines is 1. The van der Waals surface area contributed by atoms with E-state index in [1.165, 1.54) is 11.1 Å². The molecule has 0 bridgehead atoms. The van der Waals surface area contributed by atoms with Gasteiger partial charge in [0.1, 0.15) is 5.82 Å². The summed E-state index contributed by atoms with van der Waals surface area (Å²) in [5.41, 5.74) is 3.69. The molecule has 0 aliphatic carbocycles. The summed E-state index contributed by atoms with van der Waals surface area (Å²) < 4.78 is 5.28. The molecular formula is C17H31N3O. The highest BCUT2D eigenvalue weighted by molar-refractivity contribution is 5.51.